The van der Waals surface area contributed by atoms with Gasteiger partial charge in [0.15, 0.2) is 0 Å². The molecular weight excluding hydrogens is 362 g/mol. The van der Waals surface area contributed by atoms with Gasteiger partial charge in [0.2, 0.25) is 0 Å². The minimum Gasteiger partial charge on any atom is -0.423 e. The number of rotatable bonds is 7. The molecule has 0 bridgehead atoms. The molecule has 3 aromatic carbocycles. The Hall–Kier alpha value is -3.37. The fourth-order valence-corrected chi connectivity index (χ4v) is 3.59. The summed E-state index contributed by atoms with van der Waals surface area (Å²) in [5.41, 5.74) is 3.19. The summed E-state index contributed by atoms with van der Waals surface area (Å²) in [5, 5.41) is 12.0. The summed E-state index contributed by atoms with van der Waals surface area (Å²) in [6, 6.07) is 29.0. The smallest absolute Gasteiger partial charge is 0.336 e. The van der Waals surface area contributed by atoms with Crippen molar-refractivity contribution in [1.82, 2.24) is 0 Å². The normalized spacial score (nSPS) is 12.0. The summed E-state index contributed by atoms with van der Waals surface area (Å²) >= 11 is 0. The SMILES string of the molecule is O=c1cc(CCC(O)N(Cc2ccccc2)c2ccccc2)c2ccccc2o1. The van der Waals surface area contributed by atoms with Gasteiger partial charge in [-0.1, -0.05) is 66.7 Å². The highest BCUT2D eigenvalue weighted by Crippen LogP contribution is 2.23. The van der Waals surface area contributed by atoms with Gasteiger partial charge in [0.1, 0.15) is 11.8 Å². The van der Waals surface area contributed by atoms with E-state index in [2.05, 4.69) is 12.1 Å². The zero-order chi connectivity index (χ0) is 20.1. The molecule has 1 aromatic heterocycles. The number of para-hydroxylation sites is 2. The first-order chi connectivity index (χ1) is 14.2. The van der Waals surface area contributed by atoms with E-state index in [-0.39, 0.29) is 5.63 Å². The number of aliphatic hydroxyl groups is 1. The second kappa shape index (κ2) is 8.76. The third-order valence-corrected chi connectivity index (χ3v) is 5.05. The van der Waals surface area contributed by atoms with Crippen molar-refractivity contribution < 1.29 is 9.52 Å². The molecule has 0 aliphatic heterocycles. The van der Waals surface area contributed by atoms with E-state index in [9.17, 15) is 9.90 Å². The second-order valence-corrected chi connectivity index (χ2v) is 7.06. The number of nitrogens with zero attached hydrogens (tertiary/aromatic N) is 1. The number of hydrogen-bond acceptors (Lipinski definition) is 4. The van der Waals surface area contributed by atoms with E-state index in [0.717, 1.165) is 22.2 Å². The zero-order valence-electron chi connectivity index (χ0n) is 16.1. The predicted molar refractivity (Wildman–Crippen MR) is 116 cm³/mol. The van der Waals surface area contributed by atoms with Gasteiger partial charge >= 0.3 is 5.63 Å². The first-order valence-corrected chi connectivity index (χ1v) is 9.76. The molecule has 0 saturated heterocycles. The summed E-state index contributed by atoms with van der Waals surface area (Å²) in [4.78, 5) is 13.9. The van der Waals surface area contributed by atoms with Crippen molar-refractivity contribution in [2.45, 2.75) is 25.6 Å². The first-order valence-electron chi connectivity index (χ1n) is 9.76. The highest BCUT2D eigenvalue weighted by atomic mass is 16.4. The van der Waals surface area contributed by atoms with Crippen molar-refractivity contribution in [3.63, 3.8) is 0 Å². The van der Waals surface area contributed by atoms with Gasteiger partial charge in [-0.25, -0.2) is 4.79 Å². The van der Waals surface area contributed by atoms with Crippen LogP contribution in [0, 0.1) is 0 Å². The standard InChI is InChI=1S/C25H23NO3/c27-24(16-15-20-17-25(28)29-23-14-8-7-13-22(20)23)26(21-11-5-2-6-12-21)18-19-9-3-1-4-10-19/h1-14,17,24,27H,15-16,18H2. The van der Waals surface area contributed by atoms with Crippen molar-refractivity contribution in [1.29, 1.82) is 0 Å². The molecule has 29 heavy (non-hydrogen) atoms. The Morgan fingerprint density at radius 1 is 0.862 bits per heavy atom. The molecule has 4 nitrogen and oxygen atoms in total. The van der Waals surface area contributed by atoms with Crippen LogP contribution < -0.4 is 10.5 Å². The lowest BCUT2D eigenvalue weighted by Gasteiger charge is -2.30. The number of anilines is 1. The molecular formula is C25H23NO3. The summed E-state index contributed by atoms with van der Waals surface area (Å²) in [6.07, 6.45) is 0.379. The van der Waals surface area contributed by atoms with Crippen molar-refractivity contribution >= 4 is 16.7 Å². The van der Waals surface area contributed by atoms with Crippen LogP contribution in [-0.2, 0) is 13.0 Å². The van der Waals surface area contributed by atoms with Crippen LogP contribution in [0.15, 0.2) is 100 Å². The monoisotopic (exact) mass is 385 g/mol. The van der Waals surface area contributed by atoms with E-state index in [1.54, 1.807) is 6.07 Å². The van der Waals surface area contributed by atoms with Crippen LogP contribution in [-0.4, -0.2) is 11.3 Å². The molecule has 0 fully saturated rings. The number of aliphatic hydroxyl groups excluding tert-OH is 1. The van der Waals surface area contributed by atoms with Crippen molar-refractivity contribution in [2.24, 2.45) is 0 Å². The van der Waals surface area contributed by atoms with Gasteiger partial charge in [-0.3, -0.25) is 0 Å². The van der Waals surface area contributed by atoms with E-state index in [0.29, 0.717) is 25.0 Å². The molecule has 0 saturated carbocycles. The molecule has 4 rings (SSSR count). The molecule has 0 radical (unpaired) electrons. The number of benzene rings is 3. The van der Waals surface area contributed by atoms with Crippen molar-refractivity contribution in [3.05, 3.63) is 113 Å². The summed E-state index contributed by atoms with van der Waals surface area (Å²) < 4.78 is 5.28. The van der Waals surface area contributed by atoms with E-state index in [1.807, 2.05) is 71.6 Å². The number of hydrogen-bond donors (Lipinski definition) is 1. The third-order valence-electron chi connectivity index (χ3n) is 5.05. The lowest BCUT2D eigenvalue weighted by molar-refractivity contribution is 0.157. The van der Waals surface area contributed by atoms with Crippen LogP contribution in [0.2, 0.25) is 0 Å². The molecule has 0 amide bonds. The highest BCUT2D eigenvalue weighted by molar-refractivity contribution is 5.79. The van der Waals surface area contributed by atoms with Gasteiger partial charge < -0.3 is 14.4 Å². The van der Waals surface area contributed by atoms with Gasteiger partial charge in [0.05, 0.1) is 0 Å². The van der Waals surface area contributed by atoms with E-state index in [1.165, 1.54) is 6.07 Å². The van der Waals surface area contributed by atoms with Gasteiger partial charge in [0, 0.05) is 23.7 Å². The quantitative estimate of drug-likeness (QED) is 0.368. The molecule has 0 aliphatic rings. The fraction of sp³-hybridized carbons (Fsp3) is 0.160. The van der Waals surface area contributed by atoms with Crippen LogP contribution in [0.3, 0.4) is 0 Å². The van der Waals surface area contributed by atoms with Crippen LogP contribution in [0.1, 0.15) is 17.5 Å². The minimum atomic E-state index is -0.691. The van der Waals surface area contributed by atoms with Gasteiger partial charge in [-0.2, -0.15) is 0 Å². The Bertz CT molecular complexity index is 1120. The van der Waals surface area contributed by atoms with Crippen LogP contribution in [0.4, 0.5) is 5.69 Å². The van der Waals surface area contributed by atoms with Crippen molar-refractivity contribution in [3.8, 4) is 0 Å². The molecule has 1 N–H and O–H groups in total. The molecule has 4 heteroatoms. The maximum Gasteiger partial charge on any atom is 0.336 e. The lowest BCUT2D eigenvalue weighted by atomic mass is 10.0. The molecule has 4 aromatic rings. The highest BCUT2D eigenvalue weighted by Gasteiger charge is 2.17. The van der Waals surface area contributed by atoms with Gasteiger partial charge in [0.25, 0.3) is 0 Å². The number of aryl methyl sites for hydroxylation is 1. The Balaban J connectivity index is 1.57. The molecule has 1 unspecified atom stereocenters. The van der Waals surface area contributed by atoms with Crippen molar-refractivity contribution in [2.75, 3.05) is 4.90 Å². The Labute approximate surface area is 169 Å². The van der Waals surface area contributed by atoms with Crippen LogP contribution in [0.5, 0.6) is 0 Å². The number of fused-ring (bicyclic) bond motifs is 1. The Morgan fingerprint density at radius 2 is 1.52 bits per heavy atom. The molecule has 146 valence electrons. The van der Waals surface area contributed by atoms with Crippen LogP contribution >= 0.6 is 0 Å². The summed E-state index contributed by atoms with van der Waals surface area (Å²) in [5.74, 6) is 0. The largest absolute Gasteiger partial charge is 0.423 e. The zero-order valence-corrected chi connectivity index (χ0v) is 16.1. The van der Waals surface area contributed by atoms with Crippen LogP contribution in [0.25, 0.3) is 11.0 Å². The first kappa shape index (κ1) is 19.0. The molecule has 0 spiro atoms. The maximum atomic E-state index is 11.9. The van der Waals surface area contributed by atoms with E-state index in [4.69, 9.17) is 4.42 Å². The van der Waals surface area contributed by atoms with E-state index >= 15 is 0 Å². The molecule has 1 atom stereocenters. The summed E-state index contributed by atoms with van der Waals surface area (Å²) in [6.45, 7) is 0.601. The minimum absolute atomic E-state index is 0.364. The van der Waals surface area contributed by atoms with Gasteiger partial charge in [-0.05, 0) is 42.2 Å². The summed E-state index contributed by atoms with van der Waals surface area (Å²) in [7, 11) is 0. The lowest BCUT2D eigenvalue weighted by Crippen LogP contribution is -2.35. The predicted octanol–water partition coefficient (Wildman–Crippen LogP) is 4.75. The van der Waals surface area contributed by atoms with Gasteiger partial charge in [-0.15, -0.1) is 0 Å². The Morgan fingerprint density at radius 3 is 2.28 bits per heavy atom. The fourth-order valence-electron chi connectivity index (χ4n) is 3.59. The Kier molecular flexibility index (Phi) is 5.73. The molecule has 0 aliphatic carbocycles. The topological polar surface area (TPSA) is 53.7 Å². The maximum absolute atomic E-state index is 11.9. The third kappa shape index (κ3) is 4.55. The molecule has 1 heterocycles. The average molecular weight is 385 g/mol. The van der Waals surface area contributed by atoms with E-state index < -0.39 is 6.23 Å². The average Bonchev–Trinajstić information content (AvgIpc) is 2.77. The second-order valence-electron chi connectivity index (χ2n) is 7.06.